The van der Waals surface area contributed by atoms with Crippen molar-refractivity contribution >= 4 is 33.8 Å². The van der Waals surface area contributed by atoms with Gasteiger partial charge in [0.1, 0.15) is 10.7 Å². The van der Waals surface area contributed by atoms with E-state index >= 15 is 0 Å². The normalized spacial score (nSPS) is 10.5. The van der Waals surface area contributed by atoms with E-state index in [9.17, 15) is 4.79 Å². The third kappa shape index (κ3) is 2.76. The Morgan fingerprint density at radius 3 is 2.79 bits per heavy atom. The van der Waals surface area contributed by atoms with Crippen LogP contribution in [0.3, 0.4) is 0 Å². The van der Waals surface area contributed by atoms with E-state index in [1.54, 1.807) is 0 Å². The number of Topliss-reactive ketones (excluding diaryl/α,β-unsaturated/α-hetero) is 1. The van der Waals surface area contributed by atoms with Crippen LogP contribution in [0.15, 0.2) is 18.2 Å². The summed E-state index contributed by atoms with van der Waals surface area (Å²) in [5, 5.41) is 3.94. The molecule has 2 aromatic rings. The van der Waals surface area contributed by atoms with Crippen molar-refractivity contribution < 1.29 is 4.79 Å². The van der Waals surface area contributed by atoms with Gasteiger partial charge in [-0.1, -0.05) is 36.5 Å². The van der Waals surface area contributed by atoms with Crippen molar-refractivity contribution in [2.75, 3.05) is 11.1 Å². The standard InChI is InChI=1S/C14H17N3OS/c1-4-10-7-5-6-8(2)11(10)16-14-17-13(15)12(19-14)9(3)18/h5-7H,4,15H2,1-3H3,(H,16,17). The first-order chi connectivity index (χ1) is 9.02. The van der Waals surface area contributed by atoms with E-state index in [0.717, 1.165) is 17.7 Å². The zero-order chi connectivity index (χ0) is 14.0. The van der Waals surface area contributed by atoms with Crippen LogP contribution in [0.2, 0.25) is 0 Å². The minimum atomic E-state index is -0.0523. The van der Waals surface area contributed by atoms with E-state index < -0.39 is 0 Å². The predicted octanol–water partition coefficient (Wildman–Crippen LogP) is 3.54. The Morgan fingerprint density at radius 1 is 1.47 bits per heavy atom. The molecule has 1 heterocycles. The first kappa shape index (κ1) is 13.5. The van der Waals surface area contributed by atoms with Crippen LogP contribution in [-0.2, 0) is 6.42 Å². The molecular formula is C14H17N3OS. The minimum Gasteiger partial charge on any atom is -0.382 e. The summed E-state index contributed by atoms with van der Waals surface area (Å²) in [6, 6.07) is 6.17. The van der Waals surface area contributed by atoms with Gasteiger partial charge in [0, 0.05) is 12.6 Å². The maximum atomic E-state index is 11.4. The van der Waals surface area contributed by atoms with Gasteiger partial charge in [-0.3, -0.25) is 4.79 Å². The summed E-state index contributed by atoms with van der Waals surface area (Å²) in [6.45, 7) is 5.65. The molecule has 0 amide bonds. The quantitative estimate of drug-likeness (QED) is 0.837. The number of nitrogens with zero attached hydrogens (tertiary/aromatic N) is 1. The van der Waals surface area contributed by atoms with Crippen LogP contribution in [0.25, 0.3) is 0 Å². The summed E-state index contributed by atoms with van der Waals surface area (Å²) in [5.74, 6) is 0.246. The molecule has 0 spiro atoms. The smallest absolute Gasteiger partial charge is 0.189 e. The molecule has 0 atom stereocenters. The lowest BCUT2D eigenvalue weighted by Crippen LogP contribution is -1.98. The molecule has 4 nitrogen and oxygen atoms in total. The van der Waals surface area contributed by atoms with E-state index in [1.165, 1.54) is 23.8 Å². The number of para-hydroxylation sites is 1. The highest BCUT2D eigenvalue weighted by molar-refractivity contribution is 7.18. The monoisotopic (exact) mass is 275 g/mol. The number of rotatable bonds is 4. The zero-order valence-electron chi connectivity index (χ0n) is 11.3. The Bertz CT molecular complexity index is 619. The van der Waals surface area contributed by atoms with Gasteiger partial charge in [0.2, 0.25) is 0 Å². The number of carbonyl (C=O) groups is 1. The van der Waals surface area contributed by atoms with Crippen LogP contribution in [0.5, 0.6) is 0 Å². The number of aryl methyl sites for hydroxylation is 2. The Labute approximate surface area is 116 Å². The molecule has 0 aliphatic carbocycles. The van der Waals surface area contributed by atoms with Crippen LogP contribution in [-0.4, -0.2) is 10.8 Å². The van der Waals surface area contributed by atoms with Gasteiger partial charge in [-0.25, -0.2) is 4.98 Å². The van der Waals surface area contributed by atoms with E-state index in [-0.39, 0.29) is 5.78 Å². The third-order valence-corrected chi connectivity index (χ3v) is 4.03. The molecule has 0 aliphatic heterocycles. The second-order valence-corrected chi connectivity index (χ2v) is 5.38. The van der Waals surface area contributed by atoms with Gasteiger partial charge in [0.05, 0.1) is 0 Å². The molecule has 0 saturated heterocycles. The highest BCUT2D eigenvalue weighted by atomic mass is 32.1. The maximum Gasteiger partial charge on any atom is 0.189 e. The number of nitrogens with one attached hydrogen (secondary N) is 1. The number of nitrogen functional groups attached to an aromatic ring is 1. The number of hydrogen-bond donors (Lipinski definition) is 2. The molecule has 3 N–H and O–H groups in total. The van der Waals surface area contributed by atoms with Crippen LogP contribution >= 0.6 is 11.3 Å². The first-order valence-corrected chi connectivity index (χ1v) is 6.97. The molecule has 2 rings (SSSR count). The molecule has 0 fully saturated rings. The average molecular weight is 275 g/mol. The summed E-state index contributed by atoms with van der Waals surface area (Å²) >= 11 is 1.29. The number of ketones is 1. The molecule has 0 radical (unpaired) electrons. The molecule has 5 heteroatoms. The molecule has 1 aromatic heterocycles. The molecule has 100 valence electrons. The lowest BCUT2D eigenvalue weighted by Gasteiger charge is -2.11. The molecule has 0 aliphatic rings. The van der Waals surface area contributed by atoms with Crippen molar-refractivity contribution in [2.45, 2.75) is 27.2 Å². The summed E-state index contributed by atoms with van der Waals surface area (Å²) in [7, 11) is 0. The Kier molecular flexibility index (Phi) is 3.85. The molecular weight excluding hydrogens is 258 g/mol. The van der Waals surface area contributed by atoms with Gasteiger partial charge in [0.25, 0.3) is 0 Å². The number of thiazole rings is 1. The second kappa shape index (κ2) is 5.40. The summed E-state index contributed by atoms with van der Waals surface area (Å²) in [5.41, 5.74) is 9.16. The highest BCUT2D eigenvalue weighted by Crippen LogP contribution is 2.31. The summed E-state index contributed by atoms with van der Waals surface area (Å²) < 4.78 is 0. The van der Waals surface area contributed by atoms with E-state index in [1.807, 2.05) is 19.1 Å². The summed E-state index contributed by atoms with van der Waals surface area (Å²) in [6.07, 6.45) is 0.935. The number of nitrogens with two attached hydrogens (primary N) is 1. The largest absolute Gasteiger partial charge is 0.382 e. The van der Waals surface area contributed by atoms with Crippen molar-refractivity contribution in [1.29, 1.82) is 0 Å². The number of carbonyl (C=O) groups excluding carboxylic acids is 1. The highest BCUT2D eigenvalue weighted by Gasteiger charge is 2.13. The predicted molar refractivity (Wildman–Crippen MR) is 80.4 cm³/mol. The first-order valence-electron chi connectivity index (χ1n) is 6.15. The van der Waals surface area contributed by atoms with Crippen LogP contribution in [0, 0.1) is 6.92 Å². The van der Waals surface area contributed by atoms with Crippen LogP contribution < -0.4 is 11.1 Å². The van der Waals surface area contributed by atoms with Crippen molar-refractivity contribution in [3.8, 4) is 0 Å². The number of anilines is 3. The van der Waals surface area contributed by atoms with Crippen molar-refractivity contribution in [3.05, 3.63) is 34.2 Å². The number of benzene rings is 1. The van der Waals surface area contributed by atoms with E-state index in [2.05, 4.69) is 23.3 Å². The Hall–Kier alpha value is -1.88. The van der Waals surface area contributed by atoms with Gasteiger partial charge in [0.15, 0.2) is 10.9 Å². The van der Waals surface area contributed by atoms with Gasteiger partial charge in [-0.05, 0) is 24.5 Å². The SMILES string of the molecule is CCc1cccc(C)c1Nc1nc(N)c(C(C)=O)s1. The van der Waals surface area contributed by atoms with E-state index in [4.69, 9.17) is 5.73 Å². The number of hydrogen-bond acceptors (Lipinski definition) is 5. The molecule has 0 bridgehead atoms. The number of aromatic nitrogens is 1. The zero-order valence-corrected chi connectivity index (χ0v) is 12.1. The van der Waals surface area contributed by atoms with Crippen LogP contribution in [0.4, 0.5) is 16.6 Å². The van der Waals surface area contributed by atoms with Gasteiger partial charge < -0.3 is 11.1 Å². The van der Waals surface area contributed by atoms with E-state index in [0.29, 0.717) is 15.8 Å². The second-order valence-electron chi connectivity index (χ2n) is 4.38. The van der Waals surface area contributed by atoms with Gasteiger partial charge in [-0.15, -0.1) is 0 Å². The molecule has 0 unspecified atom stereocenters. The fourth-order valence-electron chi connectivity index (χ4n) is 1.95. The van der Waals surface area contributed by atoms with Crippen molar-refractivity contribution in [3.63, 3.8) is 0 Å². The fourth-order valence-corrected chi connectivity index (χ4v) is 2.73. The molecule has 19 heavy (non-hydrogen) atoms. The van der Waals surface area contributed by atoms with Crippen molar-refractivity contribution in [1.82, 2.24) is 4.98 Å². The summed E-state index contributed by atoms with van der Waals surface area (Å²) in [4.78, 5) is 16.1. The van der Waals surface area contributed by atoms with Gasteiger partial charge >= 0.3 is 0 Å². The Balaban J connectivity index is 2.36. The van der Waals surface area contributed by atoms with Crippen LogP contribution in [0.1, 0.15) is 34.6 Å². The third-order valence-electron chi connectivity index (χ3n) is 2.95. The fraction of sp³-hybridized carbons (Fsp3) is 0.286. The Morgan fingerprint density at radius 2 is 2.21 bits per heavy atom. The maximum absolute atomic E-state index is 11.4. The molecule has 0 saturated carbocycles. The minimum absolute atomic E-state index is 0.0523. The lowest BCUT2D eigenvalue weighted by molar-refractivity contribution is 0.102. The molecule has 1 aromatic carbocycles. The van der Waals surface area contributed by atoms with Gasteiger partial charge in [-0.2, -0.15) is 0 Å². The lowest BCUT2D eigenvalue weighted by atomic mass is 10.1. The topological polar surface area (TPSA) is 68.0 Å². The van der Waals surface area contributed by atoms with Crippen molar-refractivity contribution in [2.24, 2.45) is 0 Å². The average Bonchev–Trinajstić information content (AvgIpc) is 2.73.